The summed E-state index contributed by atoms with van der Waals surface area (Å²) in [6.07, 6.45) is 9.62. The van der Waals surface area contributed by atoms with Gasteiger partial charge in [0.05, 0.1) is 72.2 Å². The van der Waals surface area contributed by atoms with Crippen LogP contribution in [0.2, 0.25) is 5.02 Å². The van der Waals surface area contributed by atoms with Crippen molar-refractivity contribution in [1.29, 1.82) is 0 Å². The summed E-state index contributed by atoms with van der Waals surface area (Å²) in [5.74, 6) is 5.39. The summed E-state index contributed by atoms with van der Waals surface area (Å²) in [7, 11) is 9.98. The van der Waals surface area contributed by atoms with Gasteiger partial charge in [-0.15, -0.1) is 30.6 Å². The molecule has 3 fully saturated rings. The summed E-state index contributed by atoms with van der Waals surface area (Å²) < 4.78 is 44.5. The van der Waals surface area contributed by atoms with Crippen LogP contribution < -0.4 is 50.3 Å². The number of Topliss-reactive ketones (excluding diaryl/α,β-unsaturated/α-hetero) is 1. The highest BCUT2D eigenvalue weighted by molar-refractivity contribution is 7.15. The third-order valence-corrected chi connectivity index (χ3v) is 21.9. The number of aromatic nitrogens is 11. The monoisotopic (exact) mass is 1700 g/mol. The largest absolute Gasteiger partial charge is 0.497 e. The molecule has 2 aliphatic heterocycles. The van der Waals surface area contributed by atoms with Gasteiger partial charge in [-0.2, -0.15) is 9.90 Å². The molecule has 7 heterocycles. The first-order valence-electron chi connectivity index (χ1n) is 39.9. The molecule has 32 nitrogen and oxygen atoms in total. The second-order valence-corrected chi connectivity index (χ2v) is 30.8. The number of aryl methyl sites for hydroxylation is 2. The number of ketones is 1. The van der Waals surface area contributed by atoms with Crippen molar-refractivity contribution in [3.05, 3.63) is 225 Å². The summed E-state index contributed by atoms with van der Waals surface area (Å²) in [5.41, 5.74) is 9.48. The van der Waals surface area contributed by atoms with E-state index in [-0.39, 0.29) is 67.1 Å². The molecule has 12 aromatic rings. The number of nitrogens with one attached hydrogen (secondary N) is 5. The molecule has 0 bridgehead atoms. The Morgan fingerprint density at radius 2 is 1.41 bits per heavy atom. The molecule has 6 N–H and O–H groups in total. The van der Waals surface area contributed by atoms with E-state index in [0.717, 1.165) is 64.6 Å². The normalized spacial score (nSPS) is 15.8. The fraction of sp³-hybridized carbons (Fsp3) is 0.341. The maximum absolute atomic E-state index is 12.9. The Balaban J connectivity index is 0.000000141. The van der Waals surface area contributed by atoms with Gasteiger partial charge < -0.3 is 68.6 Å². The Kier molecular flexibility index (Phi) is 31.0. The molecule has 638 valence electrons. The molecule has 0 radical (unpaired) electrons. The molecule has 7 aromatic carbocycles. The predicted molar refractivity (Wildman–Crippen MR) is 460 cm³/mol. The average molecular weight is 1700 g/mol. The van der Waals surface area contributed by atoms with Crippen molar-refractivity contribution < 1.29 is 66.4 Å². The van der Waals surface area contributed by atoms with Crippen LogP contribution in [0.3, 0.4) is 0 Å². The number of hydrogen-bond donors (Lipinski definition) is 6. The molecule has 16 rings (SSSR count). The number of carbonyl (C=O) groups is 5. The number of ether oxygens (including phenoxy) is 6. The van der Waals surface area contributed by atoms with Crippen LogP contribution in [0, 0.1) is 6.92 Å². The fourth-order valence-electron chi connectivity index (χ4n) is 14.2. The summed E-state index contributed by atoms with van der Waals surface area (Å²) in [6.45, 7) is 9.45. The molecule has 2 saturated heterocycles. The molecule has 6 amide bonds. The maximum atomic E-state index is 12.9. The maximum Gasteiger partial charge on any atom is 0.325 e. The first-order valence-corrected chi connectivity index (χ1v) is 41.1. The van der Waals surface area contributed by atoms with Crippen molar-refractivity contribution in [1.82, 2.24) is 76.0 Å². The van der Waals surface area contributed by atoms with Crippen molar-refractivity contribution in [3.63, 3.8) is 0 Å². The van der Waals surface area contributed by atoms with Crippen LogP contribution in [-0.2, 0) is 22.5 Å². The molecular formula is C88H99ClN18O14S. The molecule has 34 heteroatoms. The van der Waals surface area contributed by atoms with Crippen LogP contribution in [0.1, 0.15) is 150 Å². The number of anilines is 3. The molecule has 122 heavy (non-hydrogen) atoms. The predicted octanol–water partition coefficient (Wildman–Crippen LogP) is 15.4. The van der Waals surface area contributed by atoms with E-state index in [9.17, 15) is 29.1 Å². The number of likely N-dealkylation sites (tertiary alicyclic amines) is 1. The van der Waals surface area contributed by atoms with Gasteiger partial charge in [0, 0.05) is 76.2 Å². The quantitative estimate of drug-likeness (QED) is 0.0327. The number of carbonyl (C=O) groups excluding carboxylic acids is 5. The van der Waals surface area contributed by atoms with Crippen molar-refractivity contribution in [2.75, 3.05) is 84.9 Å². The third kappa shape index (κ3) is 23.4. The molecule has 4 unspecified atom stereocenters. The number of amides is 6. The molecule has 5 aromatic heterocycles. The van der Waals surface area contributed by atoms with Gasteiger partial charge >= 0.3 is 12.1 Å². The second-order valence-electron chi connectivity index (χ2n) is 29.4. The smallest absolute Gasteiger partial charge is 0.325 e. The van der Waals surface area contributed by atoms with Crippen LogP contribution in [0.15, 0.2) is 185 Å². The molecule has 2 aliphatic carbocycles. The van der Waals surface area contributed by atoms with Crippen LogP contribution >= 0.6 is 22.9 Å². The van der Waals surface area contributed by atoms with E-state index in [1.54, 1.807) is 102 Å². The number of fused-ring (bicyclic) bond motifs is 1. The van der Waals surface area contributed by atoms with E-state index in [1.807, 2.05) is 102 Å². The van der Waals surface area contributed by atoms with Crippen LogP contribution in [-0.4, -0.2) is 181 Å². The van der Waals surface area contributed by atoms with E-state index >= 15 is 0 Å². The Hall–Kier alpha value is -13.0. The average Bonchev–Trinajstić information content (AvgIpc) is 1.64. The zero-order valence-electron chi connectivity index (χ0n) is 69.5. The topological polar surface area (TPSA) is 380 Å². The van der Waals surface area contributed by atoms with Gasteiger partial charge in [0.1, 0.15) is 34.5 Å². The minimum atomic E-state index is -0.558. The first kappa shape index (κ1) is 88.3. The zero-order chi connectivity index (χ0) is 86.2. The number of halogens is 1. The van der Waals surface area contributed by atoms with Gasteiger partial charge in [0.2, 0.25) is 16.8 Å². The van der Waals surface area contributed by atoms with Crippen LogP contribution in [0.25, 0.3) is 40.0 Å². The number of hydrogen-bond acceptors (Lipinski definition) is 25. The Labute approximate surface area is 714 Å². The van der Waals surface area contributed by atoms with E-state index in [1.165, 1.54) is 84.7 Å². The summed E-state index contributed by atoms with van der Waals surface area (Å²) in [5, 5.41) is 62.9. The highest BCUT2D eigenvalue weighted by atomic mass is 35.5. The lowest BCUT2D eigenvalue weighted by molar-refractivity contribution is -0.118. The highest BCUT2D eigenvalue weighted by Crippen LogP contribution is 2.39. The van der Waals surface area contributed by atoms with Crippen LogP contribution in [0.4, 0.5) is 26.1 Å². The Morgan fingerprint density at radius 1 is 0.672 bits per heavy atom. The minimum Gasteiger partial charge on any atom is -0.497 e. The zero-order valence-corrected chi connectivity index (χ0v) is 71.0. The van der Waals surface area contributed by atoms with Crippen LogP contribution in [0.5, 0.6) is 28.7 Å². The molecule has 1 saturated carbocycles. The van der Waals surface area contributed by atoms with Gasteiger partial charge in [-0.25, -0.2) is 14.3 Å². The number of methoxy groups -OCH3 is 5. The van der Waals surface area contributed by atoms with E-state index in [4.69, 9.17) is 54.1 Å². The third-order valence-electron chi connectivity index (χ3n) is 20.6. The number of aliphatic hydroxyl groups excluding tert-OH is 1. The van der Waals surface area contributed by atoms with Crippen molar-refractivity contribution >= 4 is 69.1 Å². The number of aliphatic hydroxyl groups is 1. The highest BCUT2D eigenvalue weighted by Gasteiger charge is 2.39. The number of tetrazole rings is 1. The van der Waals surface area contributed by atoms with E-state index in [2.05, 4.69) is 105 Å². The number of benzene rings is 7. The molecular weight excluding hydrogens is 1600 g/mol. The number of urea groups is 2. The Bertz CT molecular complexity index is 5460. The first-order chi connectivity index (χ1) is 59.2. The fourth-order valence-corrected chi connectivity index (χ4v) is 15.3. The lowest BCUT2D eigenvalue weighted by atomic mass is 10.1. The van der Waals surface area contributed by atoms with Gasteiger partial charge in [-0.05, 0) is 191 Å². The lowest BCUT2D eigenvalue weighted by Crippen LogP contribution is -2.42. The van der Waals surface area contributed by atoms with E-state index in [0.29, 0.717) is 97.7 Å². The summed E-state index contributed by atoms with van der Waals surface area (Å²) in [6, 6.07) is 53.1. The SMILES string of the molecule is COc1ccc(-c2cc(C(=O)NC3CCc4ccccc43)no2)cc1.COc1ccc(-c2nnn(CC(C)=O)n2)cc1OC.COc1ccc(NC(=O)N2C(CO)COC2c2ccccc2)c(OC)c1.Cc1nnc(-c2cc(C(C)C)n(-c3cccc(C(=O)NCCC4CCCN4C)c3)n2)o1.O=C(Nc1ccc(Cl)cc1)Nc1nnc(C2CCCC2)s1. The van der Waals surface area contributed by atoms with Crippen molar-refractivity contribution in [2.24, 2.45) is 0 Å². The number of rotatable bonds is 24. The van der Waals surface area contributed by atoms with Gasteiger partial charge in [0.15, 0.2) is 35.0 Å². The van der Waals surface area contributed by atoms with Crippen molar-refractivity contribution in [3.8, 4) is 68.7 Å². The molecule has 0 spiro atoms. The van der Waals surface area contributed by atoms with Gasteiger partial charge in [-0.3, -0.25) is 24.6 Å². The Morgan fingerprint density at radius 3 is 2.11 bits per heavy atom. The van der Waals surface area contributed by atoms with E-state index < -0.39 is 12.3 Å². The molecule has 4 aliphatic rings. The van der Waals surface area contributed by atoms with Crippen molar-refractivity contribution in [2.45, 2.75) is 128 Å². The lowest BCUT2D eigenvalue weighted by Gasteiger charge is -2.28. The number of nitrogens with zero attached hydrogens (tertiary/aromatic N) is 13. The summed E-state index contributed by atoms with van der Waals surface area (Å²) in [4.78, 5) is 66.2. The minimum absolute atomic E-state index is 0.0312. The standard InChI is InChI=1S/C23H30N6O2.C20H18N2O3.C19H22N2O5.C14H15ClN4OS.C12H14N4O3/c1-15(2)21-14-20(23-26-25-16(3)31-23)27-29(21)19-8-5-7-17(13-19)22(30)24-11-10-18-9-6-12-28(18)4;1-24-15-9-6-14(7-10-15)19-12-18(22-25-19)20(23)21-17-11-8-13-4-2-3-5-16(13)17;1-24-15-8-9-16(17(10-15)25-2)20-19(23)21-14(11-22)12-26-18(21)13-6-4-3-5-7-13;15-10-5-7-11(8-6-10)16-13(20)17-14-19-18-12(21-14)9-3-1-2-4-9;1-8(17)7-16-14-12(13-15-16)9-4-5-10(18-2)11(6-9)19-3/h5,7-8,13-15,18H,6,9-12H2,1-4H3,(H,24,30);2-7,9-10,12,17H,8,11H2,1H3,(H,21,23);3-10,14,18,22H,11-12H2,1-2H3,(H,20,23);5-9H,1-4H2,(H2,16,17,19,20);4-6H,7H2,1-3H3. The summed E-state index contributed by atoms with van der Waals surface area (Å²) >= 11 is 7.25. The van der Waals surface area contributed by atoms with Gasteiger partial charge in [-0.1, -0.05) is 115 Å². The van der Waals surface area contributed by atoms with Gasteiger partial charge in [0.25, 0.3) is 17.7 Å². The second kappa shape index (κ2) is 42.8. The molecule has 4 atom stereocenters.